The molecule has 0 amide bonds. The number of rotatable bonds is 8. The highest BCUT2D eigenvalue weighted by atomic mass is 16.5. The van der Waals surface area contributed by atoms with Crippen LogP contribution in [0.5, 0.6) is 5.75 Å². The number of aliphatic hydroxyl groups is 1. The van der Waals surface area contributed by atoms with Crippen LogP contribution in [-0.4, -0.2) is 23.9 Å². The van der Waals surface area contributed by atoms with Crippen molar-refractivity contribution in [1.29, 1.82) is 0 Å². The molecular weight excluding hydrogens is 238 g/mol. The average Bonchev–Trinajstić information content (AvgIpc) is 2.46. The number of benzene rings is 1. The zero-order valence-electron chi connectivity index (χ0n) is 11.8. The second-order valence-electron chi connectivity index (χ2n) is 4.67. The van der Waals surface area contributed by atoms with Crippen molar-refractivity contribution in [2.24, 2.45) is 0 Å². The summed E-state index contributed by atoms with van der Waals surface area (Å²) in [6, 6.07) is 7.80. The lowest BCUT2D eigenvalue weighted by molar-refractivity contribution is 0.0323. The summed E-state index contributed by atoms with van der Waals surface area (Å²) in [7, 11) is 0. The topological polar surface area (TPSA) is 41.5 Å². The second kappa shape index (κ2) is 7.83. The molecule has 0 atom stereocenters. The molecule has 0 bridgehead atoms. The minimum Gasteiger partial charge on any atom is -0.481 e. The first kappa shape index (κ1) is 15.6. The molecular formula is C16H23NO2. The predicted octanol–water partition coefficient (Wildman–Crippen LogP) is 2.34. The molecule has 0 heterocycles. The van der Waals surface area contributed by atoms with Gasteiger partial charge in [0.15, 0.2) is 0 Å². The molecule has 0 aliphatic rings. The Kier molecular flexibility index (Phi) is 6.41. The first-order valence-corrected chi connectivity index (χ1v) is 6.72. The van der Waals surface area contributed by atoms with E-state index in [1.54, 1.807) is 0 Å². The van der Waals surface area contributed by atoms with Crippen molar-refractivity contribution >= 4 is 0 Å². The van der Waals surface area contributed by atoms with Crippen molar-refractivity contribution in [2.75, 3.05) is 13.2 Å². The lowest BCUT2D eigenvalue weighted by atomic mass is 9.97. The van der Waals surface area contributed by atoms with Gasteiger partial charge in [-0.3, -0.25) is 0 Å². The summed E-state index contributed by atoms with van der Waals surface area (Å²) < 4.78 is 5.31. The molecule has 0 spiro atoms. The van der Waals surface area contributed by atoms with Crippen LogP contribution in [0.1, 0.15) is 32.3 Å². The van der Waals surface area contributed by atoms with E-state index < -0.39 is 5.60 Å². The molecule has 0 aliphatic heterocycles. The smallest absolute Gasteiger partial charge is 0.148 e. The molecule has 2 N–H and O–H groups in total. The van der Waals surface area contributed by atoms with E-state index in [4.69, 9.17) is 11.2 Å². The SMILES string of the molecule is C#CCOc1ccc(CNCC(O)(CC)CC)cc1. The lowest BCUT2D eigenvalue weighted by Crippen LogP contribution is -2.39. The Morgan fingerprint density at radius 2 is 1.89 bits per heavy atom. The lowest BCUT2D eigenvalue weighted by Gasteiger charge is -2.25. The molecule has 0 saturated carbocycles. The summed E-state index contributed by atoms with van der Waals surface area (Å²) in [5.74, 6) is 3.21. The molecule has 1 aromatic rings. The van der Waals surface area contributed by atoms with Crippen LogP contribution in [0.4, 0.5) is 0 Å². The third-order valence-electron chi connectivity index (χ3n) is 3.34. The summed E-state index contributed by atoms with van der Waals surface area (Å²) in [4.78, 5) is 0. The first-order chi connectivity index (χ1) is 9.13. The molecule has 0 fully saturated rings. The first-order valence-electron chi connectivity index (χ1n) is 6.72. The van der Waals surface area contributed by atoms with Crippen molar-refractivity contribution in [3.63, 3.8) is 0 Å². The molecule has 1 rings (SSSR count). The van der Waals surface area contributed by atoms with E-state index in [2.05, 4.69) is 11.2 Å². The maximum Gasteiger partial charge on any atom is 0.148 e. The normalized spacial score (nSPS) is 11.1. The third kappa shape index (κ3) is 5.34. The molecule has 1 aromatic carbocycles. The van der Waals surface area contributed by atoms with E-state index in [9.17, 15) is 5.11 Å². The summed E-state index contributed by atoms with van der Waals surface area (Å²) in [5.41, 5.74) is 0.554. The maximum absolute atomic E-state index is 10.1. The quantitative estimate of drug-likeness (QED) is 0.706. The molecule has 0 aromatic heterocycles. The van der Waals surface area contributed by atoms with Crippen LogP contribution >= 0.6 is 0 Å². The monoisotopic (exact) mass is 261 g/mol. The van der Waals surface area contributed by atoms with Gasteiger partial charge < -0.3 is 15.2 Å². The van der Waals surface area contributed by atoms with Crippen LogP contribution in [0, 0.1) is 12.3 Å². The Morgan fingerprint density at radius 3 is 2.42 bits per heavy atom. The van der Waals surface area contributed by atoms with Crippen molar-refractivity contribution < 1.29 is 9.84 Å². The van der Waals surface area contributed by atoms with E-state index in [1.807, 2.05) is 38.1 Å². The molecule has 3 nitrogen and oxygen atoms in total. The highest BCUT2D eigenvalue weighted by Gasteiger charge is 2.20. The zero-order valence-corrected chi connectivity index (χ0v) is 11.8. The number of hydrogen-bond acceptors (Lipinski definition) is 3. The molecule has 0 aliphatic carbocycles. The van der Waals surface area contributed by atoms with Gasteiger partial charge in [-0.1, -0.05) is 31.9 Å². The van der Waals surface area contributed by atoms with Gasteiger partial charge in [0.1, 0.15) is 12.4 Å². The standard InChI is InChI=1S/C16H23NO2/c1-4-11-19-15-9-7-14(8-10-15)12-17-13-16(18,5-2)6-3/h1,7-10,17-18H,5-6,11-13H2,2-3H3. The Morgan fingerprint density at radius 1 is 1.26 bits per heavy atom. The molecule has 0 unspecified atom stereocenters. The van der Waals surface area contributed by atoms with E-state index in [-0.39, 0.29) is 6.61 Å². The van der Waals surface area contributed by atoms with Crippen molar-refractivity contribution in [3.8, 4) is 18.1 Å². The largest absolute Gasteiger partial charge is 0.481 e. The molecule has 104 valence electrons. The van der Waals surface area contributed by atoms with E-state index in [1.165, 1.54) is 0 Å². The van der Waals surface area contributed by atoms with E-state index in [0.717, 1.165) is 30.7 Å². The van der Waals surface area contributed by atoms with Crippen LogP contribution < -0.4 is 10.1 Å². The molecule has 19 heavy (non-hydrogen) atoms. The van der Waals surface area contributed by atoms with E-state index >= 15 is 0 Å². The van der Waals surface area contributed by atoms with Crippen molar-refractivity contribution in [1.82, 2.24) is 5.32 Å². The third-order valence-corrected chi connectivity index (χ3v) is 3.34. The summed E-state index contributed by atoms with van der Waals surface area (Å²) in [6.07, 6.45) is 6.65. The highest BCUT2D eigenvalue weighted by Crippen LogP contribution is 2.14. The summed E-state index contributed by atoms with van der Waals surface area (Å²) in [6.45, 7) is 5.64. The van der Waals surface area contributed by atoms with Crippen LogP contribution in [0.3, 0.4) is 0 Å². The van der Waals surface area contributed by atoms with Crippen molar-refractivity contribution in [2.45, 2.75) is 38.8 Å². The summed E-state index contributed by atoms with van der Waals surface area (Å²) in [5, 5.41) is 13.4. The van der Waals surface area contributed by atoms with Crippen LogP contribution in [0.25, 0.3) is 0 Å². The van der Waals surface area contributed by atoms with Crippen molar-refractivity contribution in [3.05, 3.63) is 29.8 Å². The maximum atomic E-state index is 10.1. The van der Waals surface area contributed by atoms with Gasteiger partial charge in [-0.15, -0.1) is 6.42 Å². The number of hydrogen-bond donors (Lipinski definition) is 2. The molecule has 3 heteroatoms. The Balaban J connectivity index is 2.40. The zero-order chi connectivity index (χ0) is 14.1. The molecule has 0 saturated heterocycles. The minimum atomic E-state index is -0.601. The van der Waals surface area contributed by atoms with E-state index in [0.29, 0.717) is 6.54 Å². The predicted molar refractivity (Wildman–Crippen MR) is 78.0 cm³/mol. The average molecular weight is 261 g/mol. The second-order valence-corrected chi connectivity index (χ2v) is 4.67. The Bertz CT molecular complexity index is 402. The van der Waals surface area contributed by atoms with Gasteiger partial charge >= 0.3 is 0 Å². The van der Waals surface area contributed by atoms with Gasteiger partial charge in [0.25, 0.3) is 0 Å². The van der Waals surface area contributed by atoms with Gasteiger partial charge in [-0.2, -0.15) is 0 Å². The van der Waals surface area contributed by atoms with Gasteiger partial charge in [0, 0.05) is 13.1 Å². The highest BCUT2D eigenvalue weighted by molar-refractivity contribution is 5.27. The fourth-order valence-electron chi connectivity index (χ4n) is 1.77. The number of ether oxygens (including phenoxy) is 1. The van der Waals surface area contributed by atoms with Gasteiger partial charge in [0.05, 0.1) is 5.60 Å². The van der Waals surface area contributed by atoms with Crippen LogP contribution in [-0.2, 0) is 6.54 Å². The fourth-order valence-corrected chi connectivity index (χ4v) is 1.77. The van der Waals surface area contributed by atoms with Gasteiger partial charge in [-0.05, 0) is 30.5 Å². The molecule has 0 radical (unpaired) electrons. The number of terminal acetylenes is 1. The van der Waals surface area contributed by atoms with Gasteiger partial charge in [0.2, 0.25) is 0 Å². The van der Waals surface area contributed by atoms with Crippen LogP contribution in [0.2, 0.25) is 0 Å². The van der Waals surface area contributed by atoms with Gasteiger partial charge in [-0.25, -0.2) is 0 Å². The Labute approximate surface area is 116 Å². The Hall–Kier alpha value is -1.50. The van der Waals surface area contributed by atoms with Crippen LogP contribution in [0.15, 0.2) is 24.3 Å². The minimum absolute atomic E-state index is 0.289. The fraction of sp³-hybridized carbons (Fsp3) is 0.500. The number of nitrogens with one attached hydrogen (secondary N) is 1. The summed E-state index contributed by atoms with van der Waals surface area (Å²) >= 11 is 0.